The van der Waals surface area contributed by atoms with Crippen molar-refractivity contribution in [3.63, 3.8) is 0 Å². The summed E-state index contributed by atoms with van der Waals surface area (Å²) in [6, 6.07) is 4.95. The molecule has 0 spiro atoms. The van der Waals surface area contributed by atoms with Gasteiger partial charge in [0.25, 0.3) is 0 Å². The molecule has 0 radical (unpaired) electrons. The first-order valence-corrected chi connectivity index (χ1v) is 7.67. The minimum Gasteiger partial charge on any atom is -0.378 e. The predicted molar refractivity (Wildman–Crippen MR) is 90.1 cm³/mol. The van der Waals surface area contributed by atoms with Gasteiger partial charge < -0.3 is 5.32 Å². The predicted octanol–water partition coefficient (Wildman–Crippen LogP) is 4.62. The number of anilines is 1. The van der Waals surface area contributed by atoms with Gasteiger partial charge in [0, 0.05) is 12.6 Å². The van der Waals surface area contributed by atoms with Gasteiger partial charge in [-0.1, -0.05) is 12.1 Å². The standard InChI is InChI=1S/C18H27N3/c1-11(2)21-16(7)18(15(6)20-21)19-10-17-9-13(4)12(3)8-14(17)5/h8-9,11,19H,10H2,1-7H3. The quantitative estimate of drug-likeness (QED) is 0.888. The van der Waals surface area contributed by atoms with Crippen LogP contribution in [0.4, 0.5) is 5.69 Å². The number of aromatic nitrogens is 2. The Morgan fingerprint density at radius 2 is 1.62 bits per heavy atom. The highest BCUT2D eigenvalue weighted by atomic mass is 15.3. The van der Waals surface area contributed by atoms with Crippen molar-refractivity contribution in [2.75, 3.05) is 5.32 Å². The van der Waals surface area contributed by atoms with E-state index in [2.05, 4.69) is 75.7 Å². The minimum absolute atomic E-state index is 0.391. The van der Waals surface area contributed by atoms with Crippen molar-refractivity contribution in [3.05, 3.63) is 45.8 Å². The Bertz CT molecular complexity index is 651. The molecule has 1 aromatic heterocycles. The van der Waals surface area contributed by atoms with E-state index in [-0.39, 0.29) is 0 Å². The van der Waals surface area contributed by atoms with Crippen molar-refractivity contribution in [2.24, 2.45) is 0 Å². The number of hydrogen-bond acceptors (Lipinski definition) is 2. The molecule has 0 unspecified atom stereocenters. The number of benzene rings is 1. The van der Waals surface area contributed by atoms with E-state index < -0.39 is 0 Å². The molecule has 1 aromatic carbocycles. The second kappa shape index (κ2) is 5.92. The molecular weight excluding hydrogens is 258 g/mol. The van der Waals surface area contributed by atoms with E-state index in [4.69, 9.17) is 0 Å². The summed E-state index contributed by atoms with van der Waals surface area (Å²) in [6.45, 7) is 15.9. The average molecular weight is 285 g/mol. The zero-order valence-corrected chi connectivity index (χ0v) is 14.3. The first-order valence-electron chi connectivity index (χ1n) is 7.67. The van der Waals surface area contributed by atoms with Crippen LogP contribution in [0.2, 0.25) is 0 Å². The Morgan fingerprint density at radius 1 is 1.00 bits per heavy atom. The van der Waals surface area contributed by atoms with Gasteiger partial charge >= 0.3 is 0 Å². The summed E-state index contributed by atoms with van der Waals surface area (Å²) in [4.78, 5) is 0. The first-order chi connectivity index (χ1) is 9.81. The molecule has 0 amide bonds. The lowest BCUT2D eigenvalue weighted by molar-refractivity contribution is 0.516. The zero-order chi connectivity index (χ0) is 15.7. The maximum Gasteiger partial charge on any atom is 0.0828 e. The molecule has 0 aliphatic rings. The van der Waals surface area contributed by atoms with Crippen LogP contribution in [0.25, 0.3) is 0 Å². The van der Waals surface area contributed by atoms with Gasteiger partial charge in [-0.05, 0) is 70.7 Å². The van der Waals surface area contributed by atoms with E-state index in [9.17, 15) is 0 Å². The van der Waals surface area contributed by atoms with Gasteiger partial charge in [0.05, 0.1) is 17.1 Å². The van der Waals surface area contributed by atoms with E-state index in [1.54, 1.807) is 0 Å². The van der Waals surface area contributed by atoms with Crippen LogP contribution in [0.5, 0.6) is 0 Å². The van der Waals surface area contributed by atoms with Gasteiger partial charge in [-0.3, -0.25) is 4.68 Å². The highest BCUT2D eigenvalue weighted by Crippen LogP contribution is 2.24. The summed E-state index contributed by atoms with van der Waals surface area (Å²) in [5, 5.41) is 8.21. The van der Waals surface area contributed by atoms with Gasteiger partial charge in [0.2, 0.25) is 0 Å². The molecule has 1 heterocycles. The van der Waals surface area contributed by atoms with E-state index in [1.807, 2.05) is 0 Å². The Hall–Kier alpha value is -1.77. The van der Waals surface area contributed by atoms with E-state index >= 15 is 0 Å². The lowest BCUT2D eigenvalue weighted by Gasteiger charge is -2.13. The Kier molecular flexibility index (Phi) is 4.40. The third-order valence-corrected chi connectivity index (χ3v) is 4.22. The topological polar surface area (TPSA) is 29.9 Å². The van der Waals surface area contributed by atoms with Crippen LogP contribution in [-0.4, -0.2) is 9.78 Å². The third kappa shape index (κ3) is 3.12. The van der Waals surface area contributed by atoms with Crippen molar-refractivity contribution in [3.8, 4) is 0 Å². The Balaban J connectivity index is 2.23. The molecule has 0 aliphatic carbocycles. The molecule has 0 aliphatic heterocycles. The monoisotopic (exact) mass is 285 g/mol. The molecule has 0 saturated heterocycles. The molecule has 3 heteroatoms. The fourth-order valence-electron chi connectivity index (χ4n) is 2.82. The summed E-state index contributed by atoms with van der Waals surface area (Å²) in [5.74, 6) is 0. The highest BCUT2D eigenvalue weighted by molar-refractivity contribution is 5.53. The number of hydrogen-bond donors (Lipinski definition) is 1. The molecule has 2 rings (SSSR count). The molecule has 114 valence electrons. The van der Waals surface area contributed by atoms with Crippen molar-refractivity contribution in [1.29, 1.82) is 0 Å². The summed E-state index contributed by atoms with van der Waals surface area (Å²) in [6.07, 6.45) is 0. The number of aryl methyl sites for hydroxylation is 4. The number of nitrogens with one attached hydrogen (secondary N) is 1. The van der Waals surface area contributed by atoms with Crippen LogP contribution in [0, 0.1) is 34.6 Å². The normalized spacial score (nSPS) is 11.2. The SMILES string of the molecule is Cc1cc(C)c(CNc2c(C)nn(C(C)C)c2C)cc1C. The number of rotatable bonds is 4. The summed E-state index contributed by atoms with van der Waals surface area (Å²) in [5.41, 5.74) is 8.86. The molecule has 0 fully saturated rings. The largest absolute Gasteiger partial charge is 0.378 e. The summed E-state index contributed by atoms with van der Waals surface area (Å²) < 4.78 is 2.09. The average Bonchev–Trinajstić information content (AvgIpc) is 2.68. The van der Waals surface area contributed by atoms with Crippen LogP contribution in [-0.2, 0) is 6.54 Å². The summed E-state index contributed by atoms with van der Waals surface area (Å²) in [7, 11) is 0. The highest BCUT2D eigenvalue weighted by Gasteiger charge is 2.13. The fraction of sp³-hybridized carbons (Fsp3) is 0.500. The molecule has 0 bridgehead atoms. The molecule has 1 N–H and O–H groups in total. The fourth-order valence-corrected chi connectivity index (χ4v) is 2.82. The van der Waals surface area contributed by atoms with Crippen LogP contribution in [0.15, 0.2) is 12.1 Å². The van der Waals surface area contributed by atoms with Crippen LogP contribution < -0.4 is 5.32 Å². The molecule has 21 heavy (non-hydrogen) atoms. The van der Waals surface area contributed by atoms with Gasteiger partial charge in [0.1, 0.15) is 0 Å². The van der Waals surface area contributed by atoms with Gasteiger partial charge in [0.15, 0.2) is 0 Å². The second-order valence-corrected chi connectivity index (χ2v) is 6.30. The summed E-state index contributed by atoms with van der Waals surface area (Å²) >= 11 is 0. The lowest BCUT2D eigenvalue weighted by Crippen LogP contribution is -2.06. The van der Waals surface area contributed by atoms with Crippen LogP contribution in [0.1, 0.15) is 53.5 Å². The van der Waals surface area contributed by atoms with Gasteiger partial charge in [-0.25, -0.2) is 0 Å². The van der Waals surface area contributed by atoms with Gasteiger partial charge in [-0.15, -0.1) is 0 Å². The second-order valence-electron chi connectivity index (χ2n) is 6.30. The minimum atomic E-state index is 0.391. The smallest absolute Gasteiger partial charge is 0.0828 e. The van der Waals surface area contributed by atoms with Crippen molar-refractivity contribution < 1.29 is 0 Å². The number of nitrogens with zero attached hydrogens (tertiary/aromatic N) is 2. The van der Waals surface area contributed by atoms with Crippen molar-refractivity contribution in [2.45, 2.75) is 61.1 Å². The Labute approximate surface area is 128 Å². The van der Waals surface area contributed by atoms with E-state index in [1.165, 1.54) is 33.6 Å². The zero-order valence-electron chi connectivity index (χ0n) is 14.3. The Morgan fingerprint density at radius 3 is 2.19 bits per heavy atom. The van der Waals surface area contributed by atoms with E-state index in [0.29, 0.717) is 6.04 Å². The maximum atomic E-state index is 4.63. The van der Waals surface area contributed by atoms with E-state index in [0.717, 1.165) is 12.2 Å². The molecule has 0 saturated carbocycles. The molecular formula is C18H27N3. The van der Waals surface area contributed by atoms with Crippen molar-refractivity contribution in [1.82, 2.24) is 9.78 Å². The van der Waals surface area contributed by atoms with Crippen molar-refractivity contribution >= 4 is 5.69 Å². The molecule has 3 nitrogen and oxygen atoms in total. The van der Waals surface area contributed by atoms with Crippen LogP contribution >= 0.6 is 0 Å². The molecule has 0 atom stereocenters. The van der Waals surface area contributed by atoms with Gasteiger partial charge in [-0.2, -0.15) is 5.10 Å². The van der Waals surface area contributed by atoms with Crippen LogP contribution in [0.3, 0.4) is 0 Å². The lowest BCUT2D eigenvalue weighted by atomic mass is 10.0. The third-order valence-electron chi connectivity index (χ3n) is 4.22. The maximum absolute atomic E-state index is 4.63. The first kappa shape index (κ1) is 15.6. The molecule has 2 aromatic rings.